The molecule has 2 aliphatic rings. The van der Waals surface area contributed by atoms with Crippen LogP contribution in [0.5, 0.6) is 5.75 Å². The van der Waals surface area contributed by atoms with Crippen LogP contribution in [0.3, 0.4) is 0 Å². The highest BCUT2D eigenvalue weighted by molar-refractivity contribution is 6.33. The van der Waals surface area contributed by atoms with Gasteiger partial charge in [-0.25, -0.2) is 4.79 Å². The van der Waals surface area contributed by atoms with Gasteiger partial charge in [0.15, 0.2) is 6.10 Å². The Kier molecular flexibility index (Phi) is 6.81. The Morgan fingerprint density at radius 1 is 1.12 bits per heavy atom. The topological polar surface area (TPSA) is 94.2 Å². The predicted octanol–water partition coefficient (Wildman–Crippen LogP) is 3.95. The van der Waals surface area contributed by atoms with E-state index in [0.29, 0.717) is 48.2 Å². The first-order valence-electron chi connectivity index (χ1n) is 11.1. The van der Waals surface area contributed by atoms with Gasteiger partial charge < -0.3 is 24.4 Å². The zero-order valence-corrected chi connectivity index (χ0v) is 20.1. The molecule has 2 aliphatic heterocycles. The van der Waals surface area contributed by atoms with E-state index < -0.39 is 17.8 Å². The zero-order chi connectivity index (χ0) is 24.5. The Bertz CT molecular complexity index is 1100. The van der Waals surface area contributed by atoms with E-state index >= 15 is 0 Å². The lowest BCUT2D eigenvalue weighted by molar-refractivity contribution is 0.0303. The molecule has 2 heterocycles. The standard InChI is InChI=1S/C25H27ClN2O6/c1-25(2,3)34-24(31)27-14-20-21(29)18-12-17(13-19(26)22(18)33-20)15-4-6-16(7-5-15)23(30)28-8-10-32-11-9-28/h4-7,12-13,20H,8-11,14H2,1-3H3,(H,27,31). The van der Waals surface area contributed by atoms with Crippen molar-refractivity contribution in [1.82, 2.24) is 10.2 Å². The van der Waals surface area contributed by atoms with Crippen LogP contribution < -0.4 is 10.1 Å². The first-order valence-corrected chi connectivity index (χ1v) is 11.5. The summed E-state index contributed by atoms with van der Waals surface area (Å²) >= 11 is 6.43. The number of morpholine rings is 1. The molecule has 9 heteroatoms. The van der Waals surface area contributed by atoms with Crippen molar-refractivity contribution < 1.29 is 28.6 Å². The van der Waals surface area contributed by atoms with Gasteiger partial charge in [-0.2, -0.15) is 0 Å². The van der Waals surface area contributed by atoms with Crippen molar-refractivity contribution in [1.29, 1.82) is 0 Å². The fourth-order valence-corrected chi connectivity index (χ4v) is 4.07. The number of alkyl carbamates (subject to hydrolysis) is 1. The Hall–Kier alpha value is -3.10. The number of ether oxygens (including phenoxy) is 3. The summed E-state index contributed by atoms with van der Waals surface area (Å²) in [4.78, 5) is 39.3. The van der Waals surface area contributed by atoms with Crippen molar-refractivity contribution in [3.63, 3.8) is 0 Å². The van der Waals surface area contributed by atoms with Crippen LogP contribution in [0.2, 0.25) is 5.02 Å². The molecule has 1 unspecified atom stereocenters. The minimum atomic E-state index is -0.885. The number of amides is 2. The molecule has 2 amide bonds. The van der Waals surface area contributed by atoms with Gasteiger partial charge in [0.1, 0.15) is 11.4 Å². The monoisotopic (exact) mass is 486 g/mol. The highest BCUT2D eigenvalue weighted by Crippen LogP contribution is 2.39. The molecule has 0 aromatic heterocycles. The normalized spacial score (nSPS) is 17.7. The second-order valence-electron chi connectivity index (χ2n) is 9.17. The minimum Gasteiger partial charge on any atom is -0.478 e. The fraction of sp³-hybridized carbons (Fsp3) is 0.400. The van der Waals surface area contributed by atoms with E-state index in [2.05, 4.69) is 5.32 Å². The van der Waals surface area contributed by atoms with Gasteiger partial charge in [-0.05, 0) is 56.2 Å². The summed E-state index contributed by atoms with van der Waals surface area (Å²) in [5, 5.41) is 2.86. The predicted molar refractivity (Wildman–Crippen MR) is 127 cm³/mol. The summed E-state index contributed by atoms with van der Waals surface area (Å²) in [5.74, 6) is -0.00909. The molecule has 180 valence electrons. The molecule has 1 atom stereocenters. The maximum Gasteiger partial charge on any atom is 0.407 e. The number of fused-ring (bicyclic) bond motifs is 1. The van der Waals surface area contributed by atoms with Crippen molar-refractivity contribution in [3.05, 3.63) is 52.5 Å². The highest BCUT2D eigenvalue weighted by Gasteiger charge is 2.35. The fourth-order valence-electron chi connectivity index (χ4n) is 3.81. The van der Waals surface area contributed by atoms with E-state index in [1.807, 2.05) is 12.1 Å². The molecule has 0 radical (unpaired) electrons. The van der Waals surface area contributed by atoms with Crippen molar-refractivity contribution in [3.8, 4) is 16.9 Å². The van der Waals surface area contributed by atoms with Crippen molar-refractivity contribution in [2.24, 2.45) is 0 Å². The third-order valence-corrected chi connectivity index (χ3v) is 5.74. The van der Waals surface area contributed by atoms with E-state index in [1.54, 1.807) is 49.9 Å². The molecule has 2 aromatic carbocycles. The minimum absolute atomic E-state index is 0.0353. The third kappa shape index (κ3) is 5.34. The molecule has 34 heavy (non-hydrogen) atoms. The molecule has 0 bridgehead atoms. The molecule has 8 nitrogen and oxygen atoms in total. The van der Waals surface area contributed by atoms with Crippen LogP contribution in [0.1, 0.15) is 41.5 Å². The van der Waals surface area contributed by atoms with Gasteiger partial charge in [-0.1, -0.05) is 23.7 Å². The van der Waals surface area contributed by atoms with E-state index in [9.17, 15) is 14.4 Å². The van der Waals surface area contributed by atoms with E-state index in [0.717, 1.165) is 11.1 Å². The number of Topliss-reactive ketones (excluding diaryl/α,β-unsaturated/α-hetero) is 1. The number of hydrogen-bond acceptors (Lipinski definition) is 6. The van der Waals surface area contributed by atoms with Gasteiger partial charge >= 0.3 is 6.09 Å². The maximum absolute atomic E-state index is 12.9. The van der Waals surface area contributed by atoms with Crippen molar-refractivity contribution in [2.45, 2.75) is 32.5 Å². The van der Waals surface area contributed by atoms with Crippen LogP contribution in [0.4, 0.5) is 4.79 Å². The number of ketones is 1. The van der Waals surface area contributed by atoms with Crippen LogP contribution >= 0.6 is 11.6 Å². The number of nitrogens with zero attached hydrogens (tertiary/aromatic N) is 1. The number of halogens is 1. The lowest BCUT2D eigenvalue weighted by atomic mass is 9.99. The first-order chi connectivity index (χ1) is 16.1. The van der Waals surface area contributed by atoms with Gasteiger partial charge in [0.25, 0.3) is 5.91 Å². The lowest BCUT2D eigenvalue weighted by Crippen LogP contribution is -2.40. The van der Waals surface area contributed by atoms with Gasteiger partial charge in [0.05, 0.1) is 30.3 Å². The molecule has 1 saturated heterocycles. The van der Waals surface area contributed by atoms with Gasteiger partial charge in [0.2, 0.25) is 5.78 Å². The molecular weight excluding hydrogens is 460 g/mol. The highest BCUT2D eigenvalue weighted by atomic mass is 35.5. The molecule has 2 aromatic rings. The summed E-state index contributed by atoms with van der Waals surface area (Å²) in [6, 6.07) is 10.6. The zero-order valence-electron chi connectivity index (χ0n) is 19.4. The second-order valence-corrected chi connectivity index (χ2v) is 9.58. The number of benzene rings is 2. The van der Waals surface area contributed by atoms with Gasteiger partial charge in [0, 0.05) is 18.7 Å². The first kappa shape index (κ1) is 24.0. The lowest BCUT2D eigenvalue weighted by Gasteiger charge is -2.26. The Morgan fingerprint density at radius 2 is 1.79 bits per heavy atom. The summed E-state index contributed by atoms with van der Waals surface area (Å²) in [5.41, 5.74) is 1.84. The number of hydrogen-bond donors (Lipinski definition) is 1. The largest absolute Gasteiger partial charge is 0.478 e. The summed E-state index contributed by atoms with van der Waals surface area (Å²) in [6.45, 7) is 7.47. The third-order valence-electron chi connectivity index (χ3n) is 5.46. The number of rotatable bonds is 4. The summed E-state index contributed by atoms with van der Waals surface area (Å²) in [6.07, 6.45) is -1.51. The number of carbonyl (C=O) groups is 3. The Morgan fingerprint density at radius 3 is 2.44 bits per heavy atom. The van der Waals surface area contributed by atoms with E-state index in [4.69, 9.17) is 25.8 Å². The Labute approximate surface area is 203 Å². The molecule has 1 fully saturated rings. The second kappa shape index (κ2) is 9.64. The molecule has 0 saturated carbocycles. The molecule has 4 rings (SSSR count). The molecule has 0 aliphatic carbocycles. The van der Waals surface area contributed by atoms with E-state index in [1.165, 1.54) is 0 Å². The average molecular weight is 487 g/mol. The SMILES string of the molecule is CC(C)(C)OC(=O)NCC1Oc2c(Cl)cc(-c3ccc(C(=O)N4CCOCC4)cc3)cc2C1=O. The molecular formula is C25H27ClN2O6. The van der Waals surface area contributed by atoms with E-state index in [-0.39, 0.29) is 18.2 Å². The quantitative estimate of drug-likeness (QED) is 0.703. The molecule has 1 N–H and O–H groups in total. The van der Waals surface area contributed by atoms with Crippen LogP contribution in [-0.4, -0.2) is 67.2 Å². The Balaban J connectivity index is 1.46. The van der Waals surface area contributed by atoms with Gasteiger partial charge in [-0.15, -0.1) is 0 Å². The average Bonchev–Trinajstić information content (AvgIpc) is 3.13. The molecule has 0 spiro atoms. The number of nitrogens with one attached hydrogen (secondary N) is 1. The van der Waals surface area contributed by atoms with Crippen LogP contribution in [0.15, 0.2) is 36.4 Å². The smallest absolute Gasteiger partial charge is 0.407 e. The van der Waals surface area contributed by atoms with Crippen LogP contribution in [-0.2, 0) is 9.47 Å². The van der Waals surface area contributed by atoms with Crippen LogP contribution in [0.25, 0.3) is 11.1 Å². The van der Waals surface area contributed by atoms with Crippen molar-refractivity contribution in [2.75, 3.05) is 32.8 Å². The summed E-state index contributed by atoms with van der Waals surface area (Å²) in [7, 11) is 0. The van der Waals surface area contributed by atoms with Gasteiger partial charge in [-0.3, -0.25) is 9.59 Å². The number of carbonyl (C=O) groups excluding carboxylic acids is 3. The van der Waals surface area contributed by atoms with Crippen molar-refractivity contribution >= 4 is 29.4 Å². The maximum atomic E-state index is 12.9. The van der Waals surface area contributed by atoms with Crippen LogP contribution in [0, 0.1) is 0 Å². The summed E-state index contributed by atoms with van der Waals surface area (Å²) < 4.78 is 16.2.